The highest BCUT2D eigenvalue weighted by Gasteiger charge is 2.10. The summed E-state index contributed by atoms with van der Waals surface area (Å²) in [6.07, 6.45) is 0.949. The van der Waals surface area contributed by atoms with Crippen LogP contribution < -0.4 is 0 Å². The van der Waals surface area contributed by atoms with Gasteiger partial charge in [0.25, 0.3) is 0 Å². The molecule has 2 nitrogen and oxygen atoms in total. The van der Waals surface area contributed by atoms with Crippen molar-refractivity contribution < 1.29 is 0 Å². The van der Waals surface area contributed by atoms with Gasteiger partial charge in [-0.05, 0) is 34.5 Å². The van der Waals surface area contributed by atoms with Crippen LogP contribution in [-0.4, -0.2) is 10.2 Å². The molecule has 1 aromatic heterocycles. The molecule has 1 N–H and O–H groups in total. The Hall–Kier alpha value is -0.610. The van der Waals surface area contributed by atoms with Crippen LogP contribution in [0.5, 0.6) is 0 Å². The van der Waals surface area contributed by atoms with Crippen LogP contribution in [0.4, 0.5) is 0 Å². The van der Waals surface area contributed by atoms with Gasteiger partial charge in [0.1, 0.15) is 5.69 Å². The first-order valence-corrected chi connectivity index (χ1v) is 6.29. The minimum Gasteiger partial charge on any atom is -0.281 e. The van der Waals surface area contributed by atoms with Crippen LogP contribution >= 0.6 is 31.9 Å². The van der Waals surface area contributed by atoms with Crippen LogP contribution in [0.1, 0.15) is 12.6 Å². The van der Waals surface area contributed by atoms with Gasteiger partial charge in [-0.25, -0.2) is 0 Å². The number of benzene rings is 1. The molecule has 0 atom stereocenters. The van der Waals surface area contributed by atoms with E-state index < -0.39 is 0 Å². The van der Waals surface area contributed by atoms with Gasteiger partial charge in [0.15, 0.2) is 0 Å². The Morgan fingerprint density at radius 2 is 1.87 bits per heavy atom. The van der Waals surface area contributed by atoms with Crippen molar-refractivity contribution >= 4 is 31.9 Å². The molecule has 1 aromatic carbocycles. The zero-order valence-corrected chi connectivity index (χ0v) is 11.4. The molecule has 0 radical (unpaired) electrons. The Labute approximate surface area is 105 Å². The van der Waals surface area contributed by atoms with Gasteiger partial charge in [0, 0.05) is 15.7 Å². The monoisotopic (exact) mass is 328 g/mol. The largest absolute Gasteiger partial charge is 0.281 e. The summed E-state index contributed by atoms with van der Waals surface area (Å²) in [6, 6.07) is 8.12. The predicted molar refractivity (Wildman–Crippen MR) is 68.8 cm³/mol. The van der Waals surface area contributed by atoms with E-state index in [-0.39, 0.29) is 0 Å². The number of aromatic amines is 1. The quantitative estimate of drug-likeness (QED) is 0.880. The molecule has 2 rings (SSSR count). The van der Waals surface area contributed by atoms with E-state index >= 15 is 0 Å². The highest BCUT2D eigenvalue weighted by Crippen LogP contribution is 2.29. The second kappa shape index (κ2) is 4.49. The molecule has 0 aliphatic carbocycles. The molecule has 0 saturated carbocycles. The lowest BCUT2D eigenvalue weighted by Crippen LogP contribution is -1.79. The lowest BCUT2D eigenvalue weighted by Gasteiger charge is -1.98. The van der Waals surface area contributed by atoms with Crippen LogP contribution in [0.2, 0.25) is 0 Å². The number of nitrogens with one attached hydrogen (secondary N) is 1. The van der Waals surface area contributed by atoms with Gasteiger partial charge in [0.2, 0.25) is 0 Å². The zero-order valence-electron chi connectivity index (χ0n) is 8.22. The summed E-state index contributed by atoms with van der Waals surface area (Å²) in [5, 5.41) is 7.33. The third-order valence-corrected chi connectivity index (χ3v) is 3.63. The third kappa shape index (κ3) is 2.16. The highest BCUT2D eigenvalue weighted by atomic mass is 79.9. The van der Waals surface area contributed by atoms with Crippen molar-refractivity contribution in [3.05, 3.63) is 38.9 Å². The van der Waals surface area contributed by atoms with E-state index in [0.29, 0.717) is 0 Å². The molecule has 2 aromatic rings. The number of aromatic nitrogens is 2. The molecule has 0 fully saturated rings. The average Bonchev–Trinajstić information content (AvgIpc) is 2.61. The van der Waals surface area contributed by atoms with E-state index in [4.69, 9.17) is 0 Å². The smallest absolute Gasteiger partial charge is 0.107 e. The number of halogens is 2. The summed E-state index contributed by atoms with van der Waals surface area (Å²) in [5.41, 5.74) is 3.22. The van der Waals surface area contributed by atoms with Crippen LogP contribution in [0.15, 0.2) is 33.2 Å². The summed E-state index contributed by atoms with van der Waals surface area (Å²) in [6.45, 7) is 2.10. The van der Waals surface area contributed by atoms with E-state index in [1.807, 2.05) is 24.3 Å². The minimum absolute atomic E-state index is 0.949. The number of hydrogen-bond donors (Lipinski definition) is 1. The zero-order chi connectivity index (χ0) is 10.8. The van der Waals surface area contributed by atoms with Gasteiger partial charge in [-0.2, -0.15) is 5.10 Å². The summed E-state index contributed by atoms with van der Waals surface area (Å²) in [5.74, 6) is 0. The van der Waals surface area contributed by atoms with Crippen LogP contribution in [-0.2, 0) is 6.42 Å². The maximum Gasteiger partial charge on any atom is 0.107 e. The summed E-state index contributed by atoms with van der Waals surface area (Å²) < 4.78 is 2.14. The summed E-state index contributed by atoms with van der Waals surface area (Å²) in [7, 11) is 0. The molecule has 78 valence electrons. The molecular formula is C11H10Br2N2. The maximum absolute atomic E-state index is 4.30. The number of nitrogens with zero attached hydrogens (tertiary/aromatic N) is 1. The maximum atomic E-state index is 4.30. The number of H-pyrrole nitrogens is 1. The van der Waals surface area contributed by atoms with E-state index in [1.165, 1.54) is 0 Å². The molecule has 15 heavy (non-hydrogen) atoms. The van der Waals surface area contributed by atoms with Crippen molar-refractivity contribution in [2.24, 2.45) is 0 Å². The van der Waals surface area contributed by atoms with Crippen LogP contribution in [0, 0.1) is 0 Å². The molecule has 0 amide bonds. The molecular weight excluding hydrogens is 320 g/mol. The lowest BCUT2D eigenvalue weighted by molar-refractivity contribution is 0.973. The molecule has 0 aliphatic heterocycles. The van der Waals surface area contributed by atoms with Crippen molar-refractivity contribution in [1.29, 1.82) is 0 Å². The molecule has 0 spiro atoms. The molecule has 4 heteroatoms. The van der Waals surface area contributed by atoms with E-state index in [2.05, 4.69) is 49.0 Å². The van der Waals surface area contributed by atoms with E-state index in [0.717, 1.165) is 32.3 Å². The van der Waals surface area contributed by atoms with Gasteiger partial charge in [-0.15, -0.1) is 0 Å². The SMILES string of the molecule is CCc1[nH]nc(-c2ccc(Br)cc2)c1Br. The van der Waals surface area contributed by atoms with E-state index in [1.54, 1.807) is 0 Å². The number of hydrogen-bond acceptors (Lipinski definition) is 1. The van der Waals surface area contributed by atoms with Gasteiger partial charge in [-0.1, -0.05) is 35.0 Å². The first-order valence-electron chi connectivity index (χ1n) is 4.71. The fourth-order valence-electron chi connectivity index (χ4n) is 1.40. The standard InChI is InChI=1S/C11H10Br2N2/c1-2-9-10(13)11(15-14-9)7-3-5-8(12)6-4-7/h3-6H,2H2,1H3,(H,14,15). The van der Waals surface area contributed by atoms with Gasteiger partial charge >= 0.3 is 0 Å². The molecule has 0 bridgehead atoms. The molecule has 0 aliphatic rings. The fraction of sp³-hybridized carbons (Fsp3) is 0.182. The Kier molecular flexibility index (Phi) is 3.26. The average molecular weight is 330 g/mol. The van der Waals surface area contributed by atoms with Gasteiger partial charge in [0.05, 0.1) is 4.47 Å². The Morgan fingerprint density at radius 1 is 1.20 bits per heavy atom. The van der Waals surface area contributed by atoms with Crippen molar-refractivity contribution in [2.45, 2.75) is 13.3 Å². The number of aryl methyl sites for hydroxylation is 1. The fourth-order valence-corrected chi connectivity index (χ4v) is 2.35. The summed E-state index contributed by atoms with van der Waals surface area (Å²) >= 11 is 6.98. The first-order chi connectivity index (χ1) is 7.22. The van der Waals surface area contributed by atoms with Crippen LogP contribution in [0.25, 0.3) is 11.3 Å². The number of rotatable bonds is 2. The second-order valence-electron chi connectivity index (χ2n) is 3.23. The third-order valence-electron chi connectivity index (χ3n) is 2.25. The van der Waals surface area contributed by atoms with Crippen molar-refractivity contribution in [3.63, 3.8) is 0 Å². The normalized spacial score (nSPS) is 10.6. The van der Waals surface area contributed by atoms with Gasteiger partial charge < -0.3 is 0 Å². The topological polar surface area (TPSA) is 28.7 Å². The minimum atomic E-state index is 0.949. The Bertz CT molecular complexity index is 460. The lowest BCUT2D eigenvalue weighted by atomic mass is 10.1. The highest BCUT2D eigenvalue weighted by molar-refractivity contribution is 9.10. The predicted octanol–water partition coefficient (Wildman–Crippen LogP) is 4.16. The Balaban J connectivity index is 2.45. The molecule has 0 unspecified atom stereocenters. The second-order valence-corrected chi connectivity index (χ2v) is 4.93. The molecule has 1 heterocycles. The van der Waals surface area contributed by atoms with Crippen molar-refractivity contribution in [2.75, 3.05) is 0 Å². The van der Waals surface area contributed by atoms with E-state index in [9.17, 15) is 0 Å². The van der Waals surface area contributed by atoms with Crippen molar-refractivity contribution in [3.8, 4) is 11.3 Å². The van der Waals surface area contributed by atoms with Gasteiger partial charge in [-0.3, -0.25) is 5.10 Å². The Morgan fingerprint density at radius 3 is 2.40 bits per heavy atom. The van der Waals surface area contributed by atoms with Crippen molar-refractivity contribution in [1.82, 2.24) is 10.2 Å². The first kappa shape index (κ1) is 10.9. The van der Waals surface area contributed by atoms with Crippen LogP contribution in [0.3, 0.4) is 0 Å². The summed E-state index contributed by atoms with van der Waals surface area (Å²) in [4.78, 5) is 0. The molecule has 0 saturated heterocycles.